The highest BCUT2D eigenvalue weighted by Crippen LogP contribution is 2.25. The highest BCUT2D eigenvalue weighted by Gasteiger charge is 2.26. The Hall–Kier alpha value is -3.41. The molecule has 2 aromatic carbocycles. The van der Waals surface area contributed by atoms with Crippen LogP contribution in [0.1, 0.15) is 40.0 Å². The van der Waals surface area contributed by atoms with Crippen LogP contribution in [0.2, 0.25) is 0 Å². The number of piperidine rings is 1. The molecule has 1 aliphatic heterocycles. The highest BCUT2D eigenvalue weighted by molar-refractivity contribution is 5.95. The van der Waals surface area contributed by atoms with Crippen LogP contribution in [-0.2, 0) is 6.54 Å². The lowest BCUT2D eigenvalue weighted by molar-refractivity contribution is 0.0682. The lowest BCUT2D eigenvalue weighted by Crippen LogP contribution is -2.39. The molecule has 0 radical (unpaired) electrons. The second-order valence-electron chi connectivity index (χ2n) is 8.95. The second-order valence-corrected chi connectivity index (χ2v) is 8.95. The number of hydrogen-bond acceptors (Lipinski definition) is 3. The molecule has 3 heterocycles. The third kappa shape index (κ3) is 3.70. The first-order valence-electron chi connectivity index (χ1n) is 11.3. The number of nitrogens with zero attached hydrogens (tertiary/aromatic N) is 5. The fourth-order valence-corrected chi connectivity index (χ4v) is 4.67. The summed E-state index contributed by atoms with van der Waals surface area (Å²) in [6.45, 7) is 8.76. The number of rotatable bonds is 4. The van der Waals surface area contributed by atoms with Gasteiger partial charge in [-0.2, -0.15) is 5.10 Å². The van der Waals surface area contributed by atoms with Crippen LogP contribution in [-0.4, -0.2) is 43.2 Å². The number of carbonyl (C=O) groups excluding carboxylic acids is 1. The minimum absolute atomic E-state index is 0.0855. The number of fused-ring (bicyclic) bond motifs is 1. The molecule has 5 rings (SSSR count). The van der Waals surface area contributed by atoms with E-state index in [9.17, 15) is 4.79 Å². The summed E-state index contributed by atoms with van der Waals surface area (Å²) in [4.78, 5) is 19.8. The van der Waals surface area contributed by atoms with Crippen molar-refractivity contribution in [2.24, 2.45) is 5.92 Å². The van der Waals surface area contributed by atoms with Crippen molar-refractivity contribution in [3.8, 4) is 5.69 Å². The first-order chi connectivity index (χ1) is 15.5. The van der Waals surface area contributed by atoms with Crippen molar-refractivity contribution < 1.29 is 4.79 Å². The maximum absolute atomic E-state index is 13.2. The lowest BCUT2D eigenvalue weighted by Gasteiger charge is -2.32. The molecule has 6 nitrogen and oxygen atoms in total. The molecular formula is C26H29N5O. The van der Waals surface area contributed by atoms with E-state index in [2.05, 4.69) is 40.6 Å². The Bertz CT molecular complexity index is 1260. The van der Waals surface area contributed by atoms with Crippen molar-refractivity contribution >= 4 is 16.9 Å². The number of aryl methyl sites for hydroxylation is 2. The topological polar surface area (TPSA) is 56.0 Å². The van der Waals surface area contributed by atoms with Gasteiger partial charge in [0, 0.05) is 19.6 Å². The van der Waals surface area contributed by atoms with Gasteiger partial charge in [-0.25, -0.2) is 9.67 Å². The van der Waals surface area contributed by atoms with E-state index in [-0.39, 0.29) is 5.91 Å². The summed E-state index contributed by atoms with van der Waals surface area (Å²) < 4.78 is 4.12. The van der Waals surface area contributed by atoms with Crippen molar-refractivity contribution in [2.75, 3.05) is 13.1 Å². The molecule has 164 valence electrons. The van der Waals surface area contributed by atoms with Crippen molar-refractivity contribution in [3.05, 3.63) is 77.4 Å². The normalized spacial score (nSPS) is 14.9. The number of imidazole rings is 1. The van der Waals surface area contributed by atoms with Crippen molar-refractivity contribution in [3.63, 3.8) is 0 Å². The highest BCUT2D eigenvalue weighted by atomic mass is 16.2. The van der Waals surface area contributed by atoms with Crippen molar-refractivity contribution in [1.29, 1.82) is 0 Å². The molecule has 4 aromatic rings. The maximum atomic E-state index is 13.2. The summed E-state index contributed by atoms with van der Waals surface area (Å²) in [5.74, 6) is 0.633. The van der Waals surface area contributed by atoms with Gasteiger partial charge in [0.1, 0.15) is 0 Å². The Balaban J connectivity index is 1.25. The molecule has 0 bridgehead atoms. The summed E-state index contributed by atoms with van der Waals surface area (Å²) in [5, 5.41) is 4.47. The molecule has 2 aromatic heterocycles. The van der Waals surface area contributed by atoms with E-state index < -0.39 is 0 Å². The number of carbonyl (C=O) groups is 1. The number of amides is 1. The predicted molar refractivity (Wildman–Crippen MR) is 126 cm³/mol. The number of hydrogen-bond donors (Lipinski definition) is 0. The molecule has 1 amide bonds. The number of aromatic nitrogens is 4. The van der Waals surface area contributed by atoms with Gasteiger partial charge >= 0.3 is 0 Å². The molecule has 0 saturated carbocycles. The Morgan fingerprint density at radius 1 is 1.03 bits per heavy atom. The zero-order valence-corrected chi connectivity index (χ0v) is 19.0. The van der Waals surface area contributed by atoms with Crippen LogP contribution in [0.3, 0.4) is 0 Å². The van der Waals surface area contributed by atoms with Gasteiger partial charge in [-0.05, 0) is 74.9 Å². The van der Waals surface area contributed by atoms with E-state index in [1.165, 1.54) is 16.6 Å². The van der Waals surface area contributed by atoms with E-state index in [0.29, 0.717) is 11.5 Å². The summed E-state index contributed by atoms with van der Waals surface area (Å²) in [6, 6.07) is 14.4. The number of benzene rings is 2. The third-order valence-corrected chi connectivity index (χ3v) is 6.83. The van der Waals surface area contributed by atoms with Gasteiger partial charge in [0.25, 0.3) is 5.91 Å². The summed E-state index contributed by atoms with van der Waals surface area (Å²) in [6.07, 6.45) is 5.67. The first kappa shape index (κ1) is 20.5. The van der Waals surface area contributed by atoms with E-state index in [4.69, 9.17) is 0 Å². The molecule has 1 aliphatic rings. The van der Waals surface area contributed by atoms with Crippen LogP contribution in [0.5, 0.6) is 0 Å². The quantitative estimate of drug-likeness (QED) is 0.474. The molecule has 32 heavy (non-hydrogen) atoms. The predicted octanol–water partition coefficient (Wildman–Crippen LogP) is 4.70. The Morgan fingerprint density at radius 3 is 2.50 bits per heavy atom. The van der Waals surface area contributed by atoms with Crippen molar-refractivity contribution in [1.82, 2.24) is 24.2 Å². The SMILES string of the molecule is Cc1cc2ncn(CC3CCN(C(=O)c4cnn(-c5ccccc5)c4C)CC3)c2cc1C. The van der Waals surface area contributed by atoms with Crippen molar-refractivity contribution in [2.45, 2.75) is 40.2 Å². The standard InChI is InChI=1S/C26H29N5O/c1-18-13-24-25(14-19(18)2)30(17-27-24)16-21-9-11-29(12-10-21)26(32)23-15-28-31(20(23)3)22-7-5-4-6-8-22/h4-8,13-15,17,21H,9-12,16H2,1-3H3. The van der Waals surface area contributed by atoms with Crippen LogP contribution < -0.4 is 0 Å². The fraction of sp³-hybridized carbons (Fsp3) is 0.346. The largest absolute Gasteiger partial charge is 0.339 e. The maximum Gasteiger partial charge on any atom is 0.257 e. The zero-order valence-electron chi connectivity index (χ0n) is 19.0. The van der Waals surface area contributed by atoms with Gasteiger partial charge in [-0.3, -0.25) is 4.79 Å². The van der Waals surface area contributed by atoms with Gasteiger partial charge in [-0.1, -0.05) is 18.2 Å². The van der Waals surface area contributed by atoms with E-state index in [1.54, 1.807) is 6.20 Å². The molecule has 6 heteroatoms. The summed E-state index contributed by atoms with van der Waals surface area (Å²) in [7, 11) is 0. The zero-order chi connectivity index (χ0) is 22.2. The van der Waals surface area contributed by atoms with E-state index >= 15 is 0 Å². The Labute approximate surface area is 188 Å². The van der Waals surface area contributed by atoms with Crippen LogP contribution in [0.15, 0.2) is 55.0 Å². The van der Waals surface area contributed by atoms with Gasteiger partial charge in [0.2, 0.25) is 0 Å². The minimum Gasteiger partial charge on any atom is -0.339 e. The lowest BCUT2D eigenvalue weighted by atomic mass is 9.96. The van der Waals surface area contributed by atoms with E-state index in [0.717, 1.165) is 49.4 Å². The first-order valence-corrected chi connectivity index (χ1v) is 11.3. The third-order valence-electron chi connectivity index (χ3n) is 6.83. The molecule has 1 fully saturated rings. The average molecular weight is 428 g/mol. The Kier molecular flexibility index (Phi) is 5.29. The van der Waals surface area contributed by atoms with Gasteiger partial charge in [-0.15, -0.1) is 0 Å². The molecule has 0 N–H and O–H groups in total. The molecule has 0 atom stereocenters. The second kappa shape index (κ2) is 8.26. The number of likely N-dealkylation sites (tertiary alicyclic amines) is 1. The number of para-hydroxylation sites is 1. The monoisotopic (exact) mass is 427 g/mol. The molecule has 1 saturated heterocycles. The van der Waals surface area contributed by atoms with E-state index in [1.807, 2.05) is 53.2 Å². The fourth-order valence-electron chi connectivity index (χ4n) is 4.67. The van der Waals surface area contributed by atoms with Gasteiger partial charge in [0.05, 0.1) is 40.5 Å². The molecular weight excluding hydrogens is 398 g/mol. The summed E-state index contributed by atoms with van der Waals surface area (Å²) >= 11 is 0. The molecule has 0 unspecified atom stereocenters. The Morgan fingerprint density at radius 2 is 1.75 bits per heavy atom. The van der Waals surface area contributed by atoms with Crippen LogP contribution >= 0.6 is 0 Å². The van der Waals surface area contributed by atoms with Crippen LogP contribution in [0.25, 0.3) is 16.7 Å². The molecule has 0 spiro atoms. The smallest absolute Gasteiger partial charge is 0.257 e. The van der Waals surface area contributed by atoms with Gasteiger partial charge < -0.3 is 9.47 Å². The van der Waals surface area contributed by atoms with Gasteiger partial charge in [0.15, 0.2) is 0 Å². The molecule has 0 aliphatic carbocycles. The van der Waals surface area contributed by atoms with Crippen LogP contribution in [0.4, 0.5) is 0 Å². The average Bonchev–Trinajstić information content (AvgIpc) is 3.38. The van der Waals surface area contributed by atoms with Crippen LogP contribution in [0, 0.1) is 26.7 Å². The summed E-state index contributed by atoms with van der Waals surface area (Å²) in [5.41, 5.74) is 7.40. The minimum atomic E-state index is 0.0855.